The molecule has 0 bridgehead atoms. The molecule has 0 saturated carbocycles. The lowest BCUT2D eigenvalue weighted by Crippen LogP contribution is -2.24. The summed E-state index contributed by atoms with van der Waals surface area (Å²) >= 11 is 0. The summed E-state index contributed by atoms with van der Waals surface area (Å²) in [4.78, 5) is 10.9. The van der Waals surface area contributed by atoms with Crippen LogP contribution in [0.5, 0.6) is 0 Å². The smallest absolute Gasteiger partial charge is 0.319 e. The van der Waals surface area contributed by atoms with Crippen LogP contribution in [-0.2, 0) is 16.1 Å². The second kappa shape index (κ2) is 6.17. The summed E-state index contributed by atoms with van der Waals surface area (Å²) in [6, 6.07) is 3.92. The third kappa shape index (κ3) is 3.58. The highest BCUT2D eigenvalue weighted by Crippen LogP contribution is 2.10. The first-order valence-electron chi connectivity index (χ1n) is 4.94. The number of carbonyl (C=O) groups is 1. The highest BCUT2D eigenvalue weighted by Gasteiger charge is 2.07. The molecular formula is C11H13F2NO2. The van der Waals surface area contributed by atoms with Crippen molar-refractivity contribution in [2.45, 2.75) is 13.5 Å². The first kappa shape index (κ1) is 12.6. The molecule has 5 heteroatoms. The Morgan fingerprint density at radius 1 is 1.44 bits per heavy atom. The Labute approximate surface area is 92.4 Å². The van der Waals surface area contributed by atoms with Gasteiger partial charge in [0.05, 0.1) is 13.2 Å². The molecule has 0 aliphatic heterocycles. The Hall–Kier alpha value is -1.49. The van der Waals surface area contributed by atoms with E-state index in [2.05, 4.69) is 10.1 Å². The van der Waals surface area contributed by atoms with E-state index in [1.54, 1.807) is 6.92 Å². The monoisotopic (exact) mass is 229 g/mol. The van der Waals surface area contributed by atoms with Gasteiger partial charge in [-0.15, -0.1) is 0 Å². The second-order valence-electron chi connectivity index (χ2n) is 3.12. The lowest BCUT2D eigenvalue weighted by molar-refractivity contribution is -0.142. The summed E-state index contributed by atoms with van der Waals surface area (Å²) in [6.45, 7) is 2.06. The van der Waals surface area contributed by atoms with Crippen molar-refractivity contribution < 1.29 is 18.3 Å². The molecular weight excluding hydrogens is 216 g/mol. The largest absolute Gasteiger partial charge is 0.465 e. The predicted octanol–water partition coefficient (Wildman–Crippen LogP) is 1.62. The quantitative estimate of drug-likeness (QED) is 0.780. The van der Waals surface area contributed by atoms with E-state index in [1.165, 1.54) is 12.1 Å². The molecule has 0 heterocycles. The summed E-state index contributed by atoms with van der Waals surface area (Å²) in [5.74, 6) is -2.20. The Morgan fingerprint density at radius 2 is 2.19 bits per heavy atom. The number of esters is 1. The number of ether oxygens (including phenoxy) is 1. The maximum Gasteiger partial charge on any atom is 0.319 e. The molecule has 0 aliphatic carbocycles. The van der Waals surface area contributed by atoms with Gasteiger partial charge >= 0.3 is 5.97 Å². The van der Waals surface area contributed by atoms with E-state index in [9.17, 15) is 13.6 Å². The lowest BCUT2D eigenvalue weighted by Gasteiger charge is -2.06. The van der Waals surface area contributed by atoms with Gasteiger partial charge in [-0.25, -0.2) is 8.78 Å². The van der Waals surface area contributed by atoms with Gasteiger partial charge in [-0.3, -0.25) is 4.79 Å². The molecule has 16 heavy (non-hydrogen) atoms. The molecule has 0 amide bonds. The molecule has 0 saturated heterocycles. The van der Waals surface area contributed by atoms with Gasteiger partial charge in [0.15, 0.2) is 11.6 Å². The van der Waals surface area contributed by atoms with Gasteiger partial charge in [0, 0.05) is 12.1 Å². The van der Waals surface area contributed by atoms with Crippen LogP contribution < -0.4 is 5.32 Å². The summed E-state index contributed by atoms with van der Waals surface area (Å²) in [5, 5.41) is 2.67. The maximum absolute atomic E-state index is 13.1. The van der Waals surface area contributed by atoms with E-state index in [0.717, 1.165) is 6.07 Å². The van der Waals surface area contributed by atoms with Crippen LogP contribution in [0.2, 0.25) is 0 Å². The van der Waals surface area contributed by atoms with Crippen molar-refractivity contribution in [2.24, 2.45) is 0 Å². The Balaban J connectivity index is 2.43. The van der Waals surface area contributed by atoms with E-state index < -0.39 is 17.6 Å². The molecule has 0 aliphatic rings. The van der Waals surface area contributed by atoms with Crippen molar-refractivity contribution in [1.82, 2.24) is 5.32 Å². The molecule has 0 atom stereocenters. The molecule has 1 N–H and O–H groups in total. The molecule has 0 unspecified atom stereocenters. The molecule has 1 rings (SSSR count). The first-order valence-corrected chi connectivity index (χ1v) is 4.94. The van der Waals surface area contributed by atoms with Gasteiger partial charge in [-0.05, 0) is 13.0 Å². The fourth-order valence-electron chi connectivity index (χ4n) is 1.20. The van der Waals surface area contributed by atoms with Gasteiger partial charge in [-0.1, -0.05) is 12.1 Å². The predicted molar refractivity (Wildman–Crippen MR) is 54.7 cm³/mol. The van der Waals surface area contributed by atoms with Gasteiger partial charge in [0.2, 0.25) is 0 Å². The first-order chi connectivity index (χ1) is 7.65. The fraction of sp³-hybridized carbons (Fsp3) is 0.364. The normalized spacial score (nSPS) is 10.2. The number of hydrogen-bond acceptors (Lipinski definition) is 3. The summed E-state index contributed by atoms with van der Waals surface area (Å²) in [6.07, 6.45) is 0. The number of nitrogens with one attached hydrogen (secondary N) is 1. The third-order valence-corrected chi connectivity index (χ3v) is 1.92. The van der Waals surface area contributed by atoms with Crippen molar-refractivity contribution in [1.29, 1.82) is 0 Å². The minimum atomic E-state index is -0.893. The number of rotatable bonds is 5. The van der Waals surface area contributed by atoms with E-state index in [0.29, 0.717) is 6.61 Å². The van der Waals surface area contributed by atoms with Crippen molar-refractivity contribution in [3.63, 3.8) is 0 Å². The van der Waals surface area contributed by atoms with Gasteiger partial charge in [0.25, 0.3) is 0 Å². The zero-order valence-electron chi connectivity index (χ0n) is 8.93. The average molecular weight is 229 g/mol. The van der Waals surface area contributed by atoms with Crippen LogP contribution in [0.1, 0.15) is 12.5 Å². The van der Waals surface area contributed by atoms with Crippen molar-refractivity contribution in [2.75, 3.05) is 13.2 Å². The zero-order chi connectivity index (χ0) is 12.0. The SMILES string of the molecule is CCOC(=O)CNCc1cccc(F)c1F. The molecule has 0 fully saturated rings. The third-order valence-electron chi connectivity index (χ3n) is 1.92. The second-order valence-corrected chi connectivity index (χ2v) is 3.12. The van der Waals surface area contributed by atoms with Crippen LogP contribution in [0.15, 0.2) is 18.2 Å². The molecule has 0 aromatic heterocycles. The molecule has 88 valence electrons. The minimum Gasteiger partial charge on any atom is -0.465 e. The molecule has 0 radical (unpaired) electrons. The molecule has 1 aromatic rings. The summed E-state index contributed by atoms with van der Waals surface area (Å²) < 4.78 is 30.6. The Bertz CT molecular complexity index is 369. The van der Waals surface area contributed by atoms with Crippen LogP contribution >= 0.6 is 0 Å². The summed E-state index contributed by atoms with van der Waals surface area (Å²) in [5.41, 5.74) is 0.185. The highest BCUT2D eigenvalue weighted by atomic mass is 19.2. The van der Waals surface area contributed by atoms with Crippen LogP contribution in [0.3, 0.4) is 0 Å². The van der Waals surface area contributed by atoms with Gasteiger partial charge in [-0.2, -0.15) is 0 Å². The van der Waals surface area contributed by atoms with E-state index in [1.807, 2.05) is 0 Å². The maximum atomic E-state index is 13.1. The number of benzene rings is 1. The number of carbonyl (C=O) groups excluding carboxylic acids is 1. The average Bonchev–Trinajstić information content (AvgIpc) is 2.25. The van der Waals surface area contributed by atoms with Crippen molar-refractivity contribution in [3.8, 4) is 0 Å². The van der Waals surface area contributed by atoms with E-state index in [-0.39, 0.29) is 18.7 Å². The zero-order valence-corrected chi connectivity index (χ0v) is 8.93. The van der Waals surface area contributed by atoms with E-state index >= 15 is 0 Å². The van der Waals surface area contributed by atoms with Gasteiger partial charge in [0.1, 0.15) is 0 Å². The summed E-state index contributed by atoms with van der Waals surface area (Å²) in [7, 11) is 0. The van der Waals surface area contributed by atoms with Gasteiger partial charge < -0.3 is 10.1 Å². The van der Waals surface area contributed by atoms with Crippen LogP contribution in [0.25, 0.3) is 0 Å². The standard InChI is InChI=1S/C11H13F2NO2/c1-2-16-10(15)7-14-6-8-4-3-5-9(12)11(8)13/h3-5,14H,2,6-7H2,1H3. The topological polar surface area (TPSA) is 38.3 Å². The Kier molecular flexibility index (Phi) is 4.85. The number of halogens is 2. The van der Waals surface area contributed by atoms with Crippen LogP contribution in [0.4, 0.5) is 8.78 Å². The minimum absolute atomic E-state index is 0.0240. The van der Waals surface area contributed by atoms with Crippen LogP contribution in [0, 0.1) is 11.6 Å². The highest BCUT2D eigenvalue weighted by molar-refractivity contribution is 5.71. The fourth-order valence-corrected chi connectivity index (χ4v) is 1.20. The molecule has 3 nitrogen and oxygen atoms in total. The van der Waals surface area contributed by atoms with Crippen molar-refractivity contribution in [3.05, 3.63) is 35.4 Å². The molecule has 1 aromatic carbocycles. The van der Waals surface area contributed by atoms with Crippen molar-refractivity contribution >= 4 is 5.97 Å². The lowest BCUT2D eigenvalue weighted by atomic mass is 10.2. The molecule has 0 spiro atoms. The number of hydrogen-bond donors (Lipinski definition) is 1. The van der Waals surface area contributed by atoms with E-state index in [4.69, 9.17) is 0 Å². The van der Waals surface area contributed by atoms with Crippen LogP contribution in [-0.4, -0.2) is 19.1 Å². The Morgan fingerprint density at radius 3 is 2.88 bits per heavy atom.